The van der Waals surface area contributed by atoms with Crippen LogP contribution in [-0.2, 0) is 10.2 Å². The third kappa shape index (κ3) is 4.16. The molecule has 1 amide bonds. The molecule has 0 radical (unpaired) electrons. The zero-order chi connectivity index (χ0) is 18.0. The molecule has 3 aliphatic rings. The van der Waals surface area contributed by atoms with Gasteiger partial charge in [0.2, 0.25) is 0 Å². The first-order valence-corrected chi connectivity index (χ1v) is 9.11. The lowest BCUT2D eigenvalue weighted by Gasteiger charge is -2.48. The average Bonchev–Trinajstić information content (AvgIpc) is 2.60. The van der Waals surface area contributed by atoms with E-state index in [9.17, 15) is 4.79 Å². The Morgan fingerprint density at radius 1 is 1.36 bits per heavy atom. The van der Waals surface area contributed by atoms with Crippen LogP contribution in [0.2, 0.25) is 0 Å². The van der Waals surface area contributed by atoms with Gasteiger partial charge in [0.1, 0.15) is 6.61 Å². The van der Waals surface area contributed by atoms with Crippen LogP contribution >= 0.6 is 0 Å². The molecule has 0 aromatic heterocycles. The highest BCUT2D eigenvalue weighted by molar-refractivity contribution is 5.84. The van der Waals surface area contributed by atoms with Crippen molar-refractivity contribution in [3.63, 3.8) is 0 Å². The highest BCUT2D eigenvalue weighted by Crippen LogP contribution is 2.35. The molecular formula is C21H28N2O2. The molecule has 4 atom stereocenters. The summed E-state index contributed by atoms with van der Waals surface area (Å²) < 4.78 is 5.46. The molecule has 0 spiro atoms. The van der Waals surface area contributed by atoms with Crippen molar-refractivity contribution in [2.75, 3.05) is 25.0 Å². The maximum atomic E-state index is 12.1. The van der Waals surface area contributed by atoms with Crippen LogP contribution in [-0.4, -0.2) is 36.7 Å². The van der Waals surface area contributed by atoms with Crippen molar-refractivity contribution >= 4 is 11.8 Å². The van der Waals surface area contributed by atoms with E-state index in [4.69, 9.17) is 11.2 Å². The predicted molar refractivity (Wildman–Crippen MR) is 101 cm³/mol. The molecule has 4 heteroatoms. The van der Waals surface area contributed by atoms with Gasteiger partial charge in [0.15, 0.2) is 0 Å². The van der Waals surface area contributed by atoms with Crippen LogP contribution in [0.5, 0.6) is 0 Å². The second-order valence-electron chi connectivity index (χ2n) is 8.26. The third-order valence-electron chi connectivity index (χ3n) is 5.50. The van der Waals surface area contributed by atoms with E-state index in [-0.39, 0.29) is 11.5 Å². The SMILES string of the molecule is C#CC1CN2CCC1CC2COC(=O)Nc1ccc(C(C)(C)C)cc1. The number of ether oxygens (including phenoxy) is 1. The molecule has 3 fully saturated rings. The van der Waals surface area contributed by atoms with Crippen LogP contribution < -0.4 is 5.32 Å². The van der Waals surface area contributed by atoms with E-state index in [0.29, 0.717) is 24.5 Å². The van der Waals surface area contributed by atoms with Crippen LogP contribution in [0.1, 0.15) is 39.2 Å². The molecule has 1 aromatic carbocycles. The Kier molecular flexibility index (Phi) is 5.06. The van der Waals surface area contributed by atoms with Crippen LogP contribution in [0.3, 0.4) is 0 Å². The van der Waals surface area contributed by atoms with Gasteiger partial charge in [0.05, 0.1) is 0 Å². The third-order valence-corrected chi connectivity index (χ3v) is 5.50. The first-order valence-electron chi connectivity index (χ1n) is 9.11. The van der Waals surface area contributed by atoms with E-state index in [1.165, 1.54) is 5.56 Å². The summed E-state index contributed by atoms with van der Waals surface area (Å²) in [5.41, 5.74) is 2.10. The van der Waals surface area contributed by atoms with Crippen molar-refractivity contribution in [1.82, 2.24) is 4.90 Å². The fraction of sp³-hybridized carbons (Fsp3) is 0.571. The molecule has 2 bridgehead atoms. The summed E-state index contributed by atoms with van der Waals surface area (Å²) in [6, 6.07) is 8.23. The summed E-state index contributed by atoms with van der Waals surface area (Å²) in [5, 5.41) is 2.81. The van der Waals surface area contributed by atoms with Crippen LogP contribution in [0.25, 0.3) is 0 Å². The first-order chi connectivity index (χ1) is 11.9. The van der Waals surface area contributed by atoms with Crippen molar-refractivity contribution < 1.29 is 9.53 Å². The molecule has 3 saturated heterocycles. The normalized spacial score (nSPS) is 28.2. The van der Waals surface area contributed by atoms with Crippen LogP contribution in [0.4, 0.5) is 10.5 Å². The molecular weight excluding hydrogens is 312 g/mol. The lowest BCUT2D eigenvalue weighted by atomic mass is 9.76. The lowest BCUT2D eigenvalue weighted by Crippen LogP contribution is -2.54. The number of fused-ring (bicyclic) bond motifs is 3. The number of rotatable bonds is 3. The number of anilines is 1. The Hall–Kier alpha value is -1.99. The minimum Gasteiger partial charge on any atom is -0.448 e. The first kappa shape index (κ1) is 17.8. The quantitative estimate of drug-likeness (QED) is 0.849. The van der Waals surface area contributed by atoms with Gasteiger partial charge in [-0.25, -0.2) is 4.79 Å². The molecule has 4 rings (SSSR count). The lowest BCUT2D eigenvalue weighted by molar-refractivity contribution is -0.00665. The van der Waals surface area contributed by atoms with Crippen molar-refractivity contribution in [3.05, 3.63) is 29.8 Å². The van der Waals surface area contributed by atoms with Gasteiger partial charge in [-0.2, -0.15) is 0 Å². The minimum absolute atomic E-state index is 0.101. The Morgan fingerprint density at radius 3 is 2.64 bits per heavy atom. The Bertz CT molecular complexity index is 654. The van der Waals surface area contributed by atoms with Crippen molar-refractivity contribution in [2.45, 2.75) is 45.1 Å². The monoisotopic (exact) mass is 340 g/mol. The average molecular weight is 340 g/mol. The maximum Gasteiger partial charge on any atom is 0.411 e. The zero-order valence-corrected chi connectivity index (χ0v) is 15.4. The van der Waals surface area contributed by atoms with Gasteiger partial charge < -0.3 is 4.74 Å². The number of amides is 1. The maximum absolute atomic E-state index is 12.1. The molecule has 0 aliphatic carbocycles. The molecule has 1 N–H and O–H groups in total. The number of hydrogen-bond acceptors (Lipinski definition) is 3. The van der Waals surface area contributed by atoms with Crippen molar-refractivity contribution in [3.8, 4) is 12.3 Å². The molecule has 1 aromatic rings. The van der Waals surface area contributed by atoms with Crippen LogP contribution in [0, 0.1) is 24.2 Å². The standard InChI is InChI=1S/C21H28N2O2/c1-5-15-13-23-11-10-16(15)12-19(23)14-25-20(24)22-18-8-6-17(7-9-18)21(2,3)4/h1,6-9,15-16,19H,10-14H2,2-4H3,(H,22,24). The summed E-state index contributed by atoms with van der Waals surface area (Å²) in [5.74, 6) is 3.85. The van der Waals surface area contributed by atoms with E-state index < -0.39 is 0 Å². The van der Waals surface area contributed by atoms with E-state index in [1.54, 1.807) is 0 Å². The smallest absolute Gasteiger partial charge is 0.411 e. The highest BCUT2D eigenvalue weighted by atomic mass is 16.5. The zero-order valence-electron chi connectivity index (χ0n) is 15.4. The Morgan fingerprint density at radius 2 is 2.08 bits per heavy atom. The van der Waals surface area contributed by atoms with Crippen molar-refractivity contribution in [1.29, 1.82) is 0 Å². The summed E-state index contributed by atoms with van der Waals surface area (Å²) in [7, 11) is 0. The number of benzene rings is 1. The second kappa shape index (κ2) is 7.09. The number of hydrogen-bond donors (Lipinski definition) is 1. The number of carbonyl (C=O) groups excluding carboxylic acids is 1. The Balaban J connectivity index is 1.48. The van der Waals surface area contributed by atoms with Gasteiger partial charge in [-0.15, -0.1) is 12.3 Å². The minimum atomic E-state index is -0.389. The van der Waals surface area contributed by atoms with E-state index in [1.807, 2.05) is 24.3 Å². The number of nitrogens with zero attached hydrogens (tertiary/aromatic N) is 1. The number of piperidine rings is 3. The van der Waals surface area contributed by atoms with E-state index in [0.717, 1.165) is 31.6 Å². The van der Waals surface area contributed by atoms with Gasteiger partial charge >= 0.3 is 6.09 Å². The van der Waals surface area contributed by atoms with Gasteiger partial charge in [-0.1, -0.05) is 32.9 Å². The fourth-order valence-corrected chi connectivity index (χ4v) is 3.88. The fourth-order valence-electron chi connectivity index (χ4n) is 3.88. The highest BCUT2D eigenvalue weighted by Gasteiger charge is 2.39. The summed E-state index contributed by atoms with van der Waals surface area (Å²) >= 11 is 0. The topological polar surface area (TPSA) is 41.6 Å². The number of terminal acetylenes is 1. The second-order valence-corrected chi connectivity index (χ2v) is 8.26. The Labute approximate surface area is 150 Å². The molecule has 4 unspecified atom stereocenters. The largest absolute Gasteiger partial charge is 0.448 e. The van der Waals surface area contributed by atoms with Crippen molar-refractivity contribution in [2.24, 2.45) is 11.8 Å². The molecule has 0 saturated carbocycles. The van der Waals surface area contributed by atoms with E-state index >= 15 is 0 Å². The molecule has 3 heterocycles. The predicted octanol–water partition coefficient (Wildman–Crippen LogP) is 3.88. The van der Waals surface area contributed by atoms with Crippen LogP contribution in [0.15, 0.2) is 24.3 Å². The van der Waals surface area contributed by atoms with Gasteiger partial charge in [-0.3, -0.25) is 10.2 Å². The number of carbonyl (C=O) groups is 1. The van der Waals surface area contributed by atoms with Gasteiger partial charge in [-0.05, 0) is 48.4 Å². The molecule has 134 valence electrons. The van der Waals surface area contributed by atoms with Gasteiger partial charge in [0, 0.05) is 24.2 Å². The molecule has 3 aliphatic heterocycles. The molecule has 25 heavy (non-hydrogen) atoms. The summed E-state index contributed by atoms with van der Waals surface area (Å²) in [6.45, 7) is 8.93. The number of nitrogens with one attached hydrogen (secondary N) is 1. The summed E-state index contributed by atoms with van der Waals surface area (Å²) in [4.78, 5) is 14.5. The van der Waals surface area contributed by atoms with E-state index in [2.05, 4.69) is 36.9 Å². The molecule has 4 nitrogen and oxygen atoms in total. The van der Waals surface area contributed by atoms with Gasteiger partial charge in [0.25, 0.3) is 0 Å². The summed E-state index contributed by atoms with van der Waals surface area (Å²) in [6.07, 6.45) is 7.41.